The molecular weight excluding hydrogens is 305 g/mol. The summed E-state index contributed by atoms with van der Waals surface area (Å²) >= 11 is 0. The Labute approximate surface area is 132 Å². The number of hydrogen-bond donors (Lipinski definition) is 3. The second kappa shape index (κ2) is 7.57. The van der Waals surface area contributed by atoms with Gasteiger partial charge in [-0.05, 0) is 31.0 Å². The summed E-state index contributed by atoms with van der Waals surface area (Å²) in [5.74, 6) is -2.14. The molecule has 1 aliphatic heterocycles. The number of halogens is 1. The highest BCUT2D eigenvalue weighted by atomic mass is 19.1. The first-order chi connectivity index (χ1) is 11.0. The Bertz CT molecular complexity index is 621. The molecule has 3 amide bonds. The van der Waals surface area contributed by atoms with Gasteiger partial charge < -0.3 is 15.7 Å². The third-order valence-electron chi connectivity index (χ3n) is 3.47. The number of hydrogen-bond acceptors (Lipinski definition) is 3. The van der Waals surface area contributed by atoms with Crippen LogP contribution in [0.5, 0.6) is 0 Å². The lowest BCUT2D eigenvalue weighted by Crippen LogP contribution is -2.29. The second-order valence-electron chi connectivity index (χ2n) is 5.15. The first-order valence-corrected chi connectivity index (χ1v) is 7.34. The lowest BCUT2D eigenvalue weighted by atomic mass is 10.1. The number of unbranched alkanes of at least 4 members (excludes halogenated alkanes) is 1. The topological polar surface area (TPSA) is 98.7 Å². The summed E-state index contributed by atoms with van der Waals surface area (Å²) in [6.45, 7) is 1.22. The van der Waals surface area contributed by atoms with Crippen LogP contribution < -0.4 is 15.5 Å². The zero-order valence-electron chi connectivity index (χ0n) is 12.5. The van der Waals surface area contributed by atoms with E-state index in [2.05, 4.69) is 10.6 Å². The fourth-order valence-electron chi connectivity index (χ4n) is 2.27. The molecule has 0 aromatic heterocycles. The number of amides is 3. The van der Waals surface area contributed by atoms with Gasteiger partial charge in [0, 0.05) is 31.7 Å². The van der Waals surface area contributed by atoms with Crippen LogP contribution in [0.3, 0.4) is 0 Å². The van der Waals surface area contributed by atoms with E-state index in [-0.39, 0.29) is 24.6 Å². The highest BCUT2D eigenvalue weighted by Gasteiger charge is 2.23. The van der Waals surface area contributed by atoms with Crippen molar-refractivity contribution < 1.29 is 23.9 Å². The molecule has 3 N–H and O–H groups in total. The van der Waals surface area contributed by atoms with E-state index in [0.717, 1.165) is 6.07 Å². The van der Waals surface area contributed by atoms with E-state index in [9.17, 15) is 18.8 Å². The fraction of sp³-hybridized carbons (Fsp3) is 0.400. The number of carbonyl (C=O) groups excluding carboxylic acids is 2. The summed E-state index contributed by atoms with van der Waals surface area (Å²) in [4.78, 5) is 35.4. The quantitative estimate of drug-likeness (QED) is 0.659. The highest BCUT2D eigenvalue weighted by molar-refractivity contribution is 5.98. The first-order valence-electron chi connectivity index (χ1n) is 7.34. The molecule has 0 atom stereocenters. The molecule has 0 aliphatic carbocycles. The number of benzene rings is 1. The van der Waals surface area contributed by atoms with Gasteiger partial charge in [-0.1, -0.05) is 0 Å². The monoisotopic (exact) mass is 323 g/mol. The van der Waals surface area contributed by atoms with Gasteiger partial charge in [0.2, 0.25) is 0 Å². The third kappa shape index (κ3) is 4.41. The van der Waals surface area contributed by atoms with E-state index in [1.807, 2.05) is 0 Å². The Morgan fingerprint density at radius 1 is 1.35 bits per heavy atom. The van der Waals surface area contributed by atoms with Gasteiger partial charge in [0.15, 0.2) is 0 Å². The van der Waals surface area contributed by atoms with Crippen LogP contribution in [-0.2, 0) is 4.79 Å². The molecule has 0 radical (unpaired) electrons. The summed E-state index contributed by atoms with van der Waals surface area (Å²) in [6.07, 6.45) is 0.962. The van der Waals surface area contributed by atoms with Crippen molar-refractivity contribution in [3.8, 4) is 0 Å². The molecule has 8 heteroatoms. The molecule has 1 fully saturated rings. The number of carbonyl (C=O) groups is 3. The van der Waals surface area contributed by atoms with E-state index in [1.165, 1.54) is 17.0 Å². The molecule has 0 unspecified atom stereocenters. The molecule has 1 aliphatic rings. The zero-order valence-corrected chi connectivity index (χ0v) is 12.5. The molecule has 1 saturated heterocycles. The van der Waals surface area contributed by atoms with Crippen LogP contribution >= 0.6 is 0 Å². The van der Waals surface area contributed by atoms with Crippen molar-refractivity contribution in [3.05, 3.63) is 29.6 Å². The summed E-state index contributed by atoms with van der Waals surface area (Å²) < 4.78 is 13.8. The average molecular weight is 323 g/mol. The van der Waals surface area contributed by atoms with Crippen molar-refractivity contribution in [2.75, 3.05) is 24.5 Å². The van der Waals surface area contributed by atoms with Gasteiger partial charge in [-0.15, -0.1) is 0 Å². The number of rotatable bonds is 7. The van der Waals surface area contributed by atoms with Crippen LogP contribution in [0, 0.1) is 5.82 Å². The van der Waals surface area contributed by atoms with Crippen LogP contribution in [-0.4, -0.2) is 42.6 Å². The molecule has 0 bridgehead atoms. The van der Waals surface area contributed by atoms with Gasteiger partial charge in [-0.2, -0.15) is 0 Å². The highest BCUT2D eigenvalue weighted by Crippen LogP contribution is 2.20. The summed E-state index contributed by atoms with van der Waals surface area (Å²) in [5.41, 5.74) is 0.317. The maximum Gasteiger partial charge on any atom is 0.321 e. The largest absolute Gasteiger partial charge is 0.481 e. The maximum absolute atomic E-state index is 13.8. The lowest BCUT2D eigenvalue weighted by molar-refractivity contribution is -0.137. The number of carboxylic acids is 1. The van der Waals surface area contributed by atoms with Crippen LogP contribution in [0.1, 0.15) is 29.6 Å². The van der Waals surface area contributed by atoms with E-state index in [1.54, 1.807) is 0 Å². The minimum absolute atomic E-state index is 0.0315. The first kappa shape index (κ1) is 16.7. The van der Waals surface area contributed by atoms with Crippen LogP contribution in [0.4, 0.5) is 14.9 Å². The number of urea groups is 1. The van der Waals surface area contributed by atoms with E-state index < -0.39 is 17.7 Å². The minimum atomic E-state index is -0.890. The number of nitrogens with one attached hydrogen (secondary N) is 2. The lowest BCUT2D eigenvalue weighted by Gasteiger charge is -2.15. The van der Waals surface area contributed by atoms with Gasteiger partial charge in [-0.25, -0.2) is 9.18 Å². The predicted octanol–water partition coefficient (Wildman–Crippen LogP) is 1.34. The number of aliphatic carboxylic acids is 1. The van der Waals surface area contributed by atoms with Crippen molar-refractivity contribution in [1.29, 1.82) is 0 Å². The number of nitrogens with zero attached hydrogens (tertiary/aromatic N) is 1. The molecular formula is C15H18FN3O4. The van der Waals surface area contributed by atoms with Gasteiger partial charge >= 0.3 is 12.0 Å². The SMILES string of the molecule is O=C(O)CCCCNC(=O)c1cc(N2CCNC2=O)ccc1F. The smallest absolute Gasteiger partial charge is 0.321 e. The Balaban J connectivity index is 1.96. The second-order valence-corrected chi connectivity index (χ2v) is 5.15. The Kier molecular flexibility index (Phi) is 5.51. The molecule has 7 nitrogen and oxygen atoms in total. The normalized spacial score (nSPS) is 13.8. The molecule has 1 aromatic rings. The van der Waals surface area contributed by atoms with Crippen molar-refractivity contribution in [3.63, 3.8) is 0 Å². The molecule has 2 rings (SSSR count). The zero-order chi connectivity index (χ0) is 16.8. The van der Waals surface area contributed by atoms with Gasteiger partial charge in [0.1, 0.15) is 5.82 Å². The van der Waals surface area contributed by atoms with Gasteiger partial charge in [-0.3, -0.25) is 14.5 Å². The summed E-state index contributed by atoms with van der Waals surface area (Å²) in [5, 5.41) is 13.7. The van der Waals surface area contributed by atoms with Crippen molar-refractivity contribution in [2.24, 2.45) is 0 Å². The van der Waals surface area contributed by atoms with E-state index in [0.29, 0.717) is 31.6 Å². The van der Waals surface area contributed by atoms with Crippen LogP contribution in [0.2, 0.25) is 0 Å². The average Bonchev–Trinajstić information content (AvgIpc) is 2.93. The fourth-order valence-corrected chi connectivity index (χ4v) is 2.27. The van der Waals surface area contributed by atoms with Crippen LogP contribution in [0.25, 0.3) is 0 Å². The van der Waals surface area contributed by atoms with Gasteiger partial charge in [0.25, 0.3) is 5.91 Å². The Morgan fingerprint density at radius 2 is 2.13 bits per heavy atom. The maximum atomic E-state index is 13.8. The van der Waals surface area contributed by atoms with E-state index in [4.69, 9.17) is 5.11 Å². The van der Waals surface area contributed by atoms with Crippen LogP contribution in [0.15, 0.2) is 18.2 Å². The summed E-state index contributed by atoms with van der Waals surface area (Å²) in [7, 11) is 0. The molecule has 0 saturated carbocycles. The third-order valence-corrected chi connectivity index (χ3v) is 3.47. The number of anilines is 1. The van der Waals surface area contributed by atoms with Gasteiger partial charge in [0.05, 0.1) is 5.56 Å². The predicted molar refractivity (Wildman–Crippen MR) is 81.0 cm³/mol. The molecule has 1 heterocycles. The van der Waals surface area contributed by atoms with Crippen molar-refractivity contribution in [2.45, 2.75) is 19.3 Å². The minimum Gasteiger partial charge on any atom is -0.481 e. The van der Waals surface area contributed by atoms with Crippen molar-refractivity contribution in [1.82, 2.24) is 10.6 Å². The molecule has 0 spiro atoms. The standard InChI is InChI=1S/C15H18FN3O4/c16-12-5-4-10(19-8-7-18-15(19)23)9-11(12)14(22)17-6-2-1-3-13(20)21/h4-5,9H,1-3,6-8H2,(H,17,22)(H,18,23)(H,20,21). The summed E-state index contributed by atoms with van der Waals surface area (Å²) in [6, 6.07) is 3.66. The Morgan fingerprint density at radius 3 is 2.78 bits per heavy atom. The molecule has 124 valence electrons. The van der Waals surface area contributed by atoms with Crippen molar-refractivity contribution >= 4 is 23.6 Å². The molecule has 23 heavy (non-hydrogen) atoms. The molecule has 1 aromatic carbocycles. The van der Waals surface area contributed by atoms with E-state index >= 15 is 0 Å². The number of carboxylic acid groups (broad SMARTS) is 1. The Hall–Kier alpha value is -2.64.